The van der Waals surface area contributed by atoms with Crippen molar-refractivity contribution in [2.24, 2.45) is 0 Å². The third-order valence-corrected chi connectivity index (χ3v) is 3.98. The number of H-pyrrole nitrogens is 1. The van der Waals surface area contributed by atoms with Crippen LogP contribution < -0.4 is 5.32 Å². The number of amides is 1. The number of thioether (sulfide) groups is 1. The van der Waals surface area contributed by atoms with Crippen molar-refractivity contribution in [3.8, 4) is 0 Å². The number of para-hydroxylation sites is 1. The highest BCUT2D eigenvalue weighted by atomic mass is 32.2. The fraction of sp³-hybridized carbons (Fsp3) is 0.231. The number of nitrogens with zero attached hydrogens (tertiary/aromatic N) is 2. The Kier molecular flexibility index (Phi) is 4.94. The van der Waals surface area contributed by atoms with Crippen LogP contribution in [0.2, 0.25) is 0 Å². The summed E-state index contributed by atoms with van der Waals surface area (Å²) in [5, 5.41) is 18.3. The van der Waals surface area contributed by atoms with Crippen molar-refractivity contribution in [2.45, 2.75) is 23.8 Å². The molecule has 0 saturated carbocycles. The van der Waals surface area contributed by atoms with E-state index in [9.17, 15) is 9.59 Å². The summed E-state index contributed by atoms with van der Waals surface area (Å²) in [6.07, 6.45) is 1.94. The average molecular weight is 306 g/mol. The largest absolute Gasteiger partial charge is 0.478 e. The highest BCUT2D eigenvalue weighted by Crippen LogP contribution is 2.23. The number of aromatic nitrogens is 3. The number of nitrogens with one attached hydrogen (secondary N) is 2. The summed E-state index contributed by atoms with van der Waals surface area (Å²) in [5.74, 6) is -1.35. The molecule has 8 heteroatoms. The van der Waals surface area contributed by atoms with E-state index in [1.54, 1.807) is 18.2 Å². The molecule has 1 atom stereocenters. The van der Waals surface area contributed by atoms with Gasteiger partial charge in [-0.05, 0) is 18.6 Å². The van der Waals surface area contributed by atoms with Crippen LogP contribution in [0.1, 0.15) is 23.7 Å². The molecule has 1 aromatic heterocycles. The minimum absolute atomic E-state index is 0.0605. The summed E-state index contributed by atoms with van der Waals surface area (Å²) >= 11 is 1.25. The van der Waals surface area contributed by atoms with Crippen LogP contribution in [0.15, 0.2) is 35.7 Å². The molecule has 0 saturated heterocycles. The summed E-state index contributed by atoms with van der Waals surface area (Å²) in [4.78, 5) is 27.3. The number of carboxylic acids is 1. The number of hydrogen-bond donors (Lipinski definition) is 3. The highest BCUT2D eigenvalue weighted by Gasteiger charge is 2.21. The van der Waals surface area contributed by atoms with Crippen LogP contribution in [-0.2, 0) is 4.79 Å². The molecule has 0 radical (unpaired) electrons. The molecule has 110 valence electrons. The summed E-state index contributed by atoms with van der Waals surface area (Å²) in [5.41, 5.74) is 0.344. The van der Waals surface area contributed by atoms with Crippen molar-refractivity contribution in [2.75, 3.05) is 5.32 Å². The fourth-order valence-corrected chi connectivity index (χ4v) is 2.52. The van der Waals surface area contributed by atoms with Gasteiger partial charge in [-0.25, -0.2) is 9.78 Å². The van der Waals surface area contributed by atoms with Gasteiger partial charge < -0.3 is 10.4 Å². The lowest BCUT2D eigenvalue weighted by Crippen LogP contribution is -2.25. The van der Waals surface area contributed by atoms with Crippen LogP contribution in [-0.4, -0.2) is 37.4 Å². The van der Waals surface area contributed by atoms with E-state index in [0.29, 0.717) is 11.6 Å². The SMILES string of the molecule is CCC(Sc1ncn[nH]1)C(=O)Nc1ccccc1C(=O)O. The molecule has 0 aliphatic carbocycles. The first-order chi connectivity index (χ1) is 10.1. The standard InChI is InChI=1S/C13H14N4O3S/c1-2-10(21-13-14-7-15-17-13)11(18)16-9-6-4-3-5-8(9)12(19)20/h3-7,10H,2H2,1H3,(H,16,18)(H,19,20)(H,14,15,17). The molecular weight excluding hydrogens is 292 g/mol. The van der Waals surface area contributed by atoms with Gasteiger partial charge in [-0.2, -0.15) is 5.10 Å². The Balaban J connectivity index is 2.11. The maximum absolute atomic E-state index is 12.3. The fourth-order valence-electron chi connectivity index (χ4n) is 1.70. The molecule has 1 aromatic carbocycles. The Morgan fingerprint density at radius 1 is 1.43 bits per heavy atom. The molecule has 0 spiro atoms. The number of benzene rings is 1. The number of anilines is 1. The first-order valence-electron chi connectivity index (χ1n) is 6.27. The second-order valence-corrected chi connectivity index (χ2v) is 5.34. The van der Waals surface area contributed by atoms with Gasteiger partial charge >= 0.3 is 5.97 Å². The third-order valence-electron chi connectivity index (χ3n) is 2.73. The summed E-state index contributed by atoms with van der Waals surface area (Å²) in [6, 6.07) is 6.29. The van der Waals surface area contributed by atoms with Crippen LogP contribution in [0.5, 0.6) is 0 Å². The van der Waals surface area contributed by atoms with E-state index in [1.165, 1.54) is 24.2 Å². The number of aromatic amines is 1. The minimum atomic E-state index is -1.08. The molecular formula is C13H14N4O3S. The van der Waals surface area contributed by atoms with Crippen LogP contribution >= 0.6 is 11.8 Å². The van der Waals surface area contributed by atoms with E-state index < -0.39 is 5.97 Å². The summed E-state index contributed by atoms with van der Waals surface area (Å²) in [7, 11) is 0. The quantitative estimate of drug-likeness (QED) is 0.705. The van der Waals surface area contributed by atoms with Crippen molar-refractivity contribution in [1.29, 1.82) is 0 Å². The van der Waals surface area contributed by atoms with Gasteiger partial charge in [-0.1, -0.05) is 30.8 Å². The molecule has 0 fully saturated rings. The van der Waals surface area contributed by atoms with Gasteiger partial charge in [0.05, 0.1) is 16.5 Å². The second kappa shape index (κ2) is 6.89. The molecule has 1 unspecified atom stereocenters. The summed E-state index contributed by atoms with van der Waals surface area (Å²) < 4.78 is 0. The van der Waals surface area contributed by atoms with Gasteiger partial charge in [0, 0.05) is 0 Å². The lowest BCUT2D eigenvalue weighted by atomic mass is 10.1. The molecule has 0 bridgehead atoms. The number of carbonyl (C=O) groups excluding carboxylic acids is 1. The Labute approximate surface area is 125 Å². The number of aromatic carboxylic acids is 1. The van der Waals surface area contributed by atoms with E-state index >= 15 is 0 Å². The Hall–Kier alpha value is -2.35. The van der Waals surface area contributed by atoms with Crippen LogP contribution in [0, 0.1) is 0 Å². The maximum Gasteiger partial charge on any atom is 0.337 e. The van der Waals surface area contributed by atoms with E-state index in [1.807, 2.05) is 6.92 Å². The van der Waals surface area contributed by atoms with E-state index in [2.05, 4.69) is 20.5 Å². The molecule has 1 amide bonds. The van der Waals surface area contributed by atoms with Crippen molar-refractivity contribution < 1.29 is 14.7 Å². The van der Waals surface area contributed by atoms with Crippen LogP contribution in [0.3, 0.4) is 0 Å². The number of carbonyl (C=O) groups is 2. The lowest BCUT2D eigenvalue weighted by Gasteiger charge is -2.14. The minimum Gasteiger partial charge on any atom is -0.478 e. The number of carboxylic acid groups (broad SMARTS) is 1. The lowest BCUT2D eigenvalue weighted by molar-refractivity contribution is -0.115. The van der Waals surface area contributed by atoms with Gasteiger partial charge in [-0.15, -0.1) is 0 Å². The van der Waals surface area contributed by atoms with Crippen LogP contribution in [0.4, 0.5) is 5.69 Å². The predicted molar refractivity (Wildman–Crippen MR) is 78.3 cm³/mol. The molecule has 21 heavy (non-hydrogen) atoms. The van der Waals surface area contributed by atoms with E-state index in [-0.39, 0.29) is 22.4 Å². The third kappa shape index (κ3) is 3.82. The zero-order chi connectivity index (χ0) is 15.2. The van der Waals surface area contributed by atoms with Gasteiger partial charge in [0.1, 0.15) is 6.33 Å². The van der Waals surface area contributed by atoms with Gasteiger partial charge in [0.2, 0.25) is 5.91 Å². The monoisotopic (exact) mass is 306 g/mol. The van der Waals surface area contributed by atoms with Crippen molar-refractivity contribution >= 4 is 29.3 Å². The Morgan fingerprint density at radius 2 is 2.19 bits per heavy atom. The average Bonchev–Trinajstić information content (AvgIpc) is 2.98. The smallest absolute Gasteiger partial charge is 0.337 e. The first kappa shape index (κ1) is 15.0. The molecule has 0 aliphatic rings. The van der Waals surface area contributed by atoms with Crippen LogP contribution in [0.25, 0.3) is 0 Å². The van der Waals surface area contributed by atoms with Gasteiger partial charge in [0.25, 0.3) is 0 Å². The van der Waals surface area contributed by atoms with Crippen molar-refractivity contribution in [3.05, 3.63) is 36.2 Å². The van der Waals surface area contributed by atoms with Gasteiger partial charge in [-0.3, -0.25) is 9.89 Å². The normalized spacial score (nSPS) is 11.9. The van der Waals surface area contributed by atoms with Crippen molar-refractivity contribution in [3.63, 3.8) is 0 Å². The van der Waals surface area contributed by atoms with Crippen molar-refractivity contribution in [1.82, 2.24) is 15.2 Å². The molecule has 7 nitrogen and oxygen atoms in total. The maximum atomic E-state index is 12.3. The second-order valence-electron chi connectivity index (χ2n) is 4.15. The number of rotatable bonds is 6. The Bertz CT molecular complexity index is 630. The molecule has 0 aliphatic heterocycles. The topological polar surface area (TPSA) is 108 Å². The zero-order valence-corrected chi connectivity index (χ0v) is 12.1. The van der Waals surface area contributed by atoms with Gasteiger partial charge in [0.15, 0.2) is 5.16 Å². The number of hydrogen-bond acceptors (Lipinski definition) is 5. The molecule has 2 aromatic rings. The van der Waals surface area contributed by atoms with E-state index in [0.717, 1.165) is 0 Å². The highest BCUT2D eigenvalue weighted by molar-refractivity contribution is 8.00. The Morgan fingerprint density at radius 3 is 2.81 bits per heavy atom. The predicted octanol–water partition coefficient (Wildman–Crippen LogP) is 2.01. The molecule has 1 heterocycles. The van der Waals surface area contributed by atoms with E-state index in [4.69, 9.17) is 5.11 Å². The first-order valence-corrected chi connectivity index (χ1v) is 7.15. The summed E-state index contributed by atoms with van der Waals surface area (Å²) in [6.45, 7) is 1.87. The molecule has 3 N–H and O–H groups in total. The zero-order valence-electron chi connectivity index (χ0n) is 11.2. The molecule has 2 rings (SSSR count).